The highest BCUT2D eigenvalue weighted by Gasteiger charge is 1.97. The lowest BCUT2D eigenvalue weighted by Gasteiger charge is -2.10. The molecule has 21 heavy (non-hydrogen) atoms. The minimum absolute atomic E-state index is 0.712. The van der Waals surface area contributed by atoms with E-state index < -0.39 is 0 Å². The molecule has 0 saturated carbocycles. The van der Waals surface area contributed by atoms with E-state index in [1.165, 1.54) is 16.0 Å². The molecule has 0 aliphatic rings. The quantitative estimate of drug-likeness (QED) is 0.481. The number of aryl methyl sites for hydroxylation is 1. The summed E-state index contributed by atoms with van der Waals surface area (Å²) in [5, 5.41) is 7.17. The summed E-state index contributed by atoms with van der Waals surface area (Å²) < 4.78 is 0. The molecule has 0 atom stereocenters. The first kappa shape index (κ1) is 15.9. The topological polar surface area (TPSA) is 24.1 Å². The standard InChI is InChI=1S/C17H20N2S2/c1-14-7-9-15(10-8-14)13-19-17(20)18-11-12-21-16-5-3-2-4-6-16/h2-10H,11-13H2,1H3,(H2,18,19,20). The first-order valence-electron chi connectivity index (χ1n) is 6.99. The van der Waals surface area contributed by atoms with Crippen LogP contribution in [0.3, 0.4) is 0 Å². The van der Waals surface area contributed by atoms with Crippen LogP contribution in [0.4, 0.5) is 0 Å². The van der Waals surface area contributed by atoms with Gasteiger partial charge in [-0.3, -0.25) is 0 Å². The van der Waals surface area contributed by atoms with Crippen molar-refractivity contribution in [3.8, 4) is 0 Å². The maximum Gasteiger partial charge on any atom is 0.166 e. The van der Waals surface area contributed by atoms with Gasteiger partial charge in [0.1, 0.15) is 0 Å². The second kappa shape index (κ2) is 8.70. The van der Waals surface area contributed by atoms with Crippen molar-refractivity contribution >= 4 is 29.1 Å². The Morgan fingerprint density at radius 1 is 1.00 bits per heavy atom. The van der Waals surface area contributed by atoms with E-state index in [1.54, 1.807) is 0 Å². The van der Waals surface area contributed by atoms with Gasteiger partial charge in [-0.2, -0.15) is 0 Å². The van der Waals surface area contributed by atoms with Crippen molar-refractivity contribution in [1.82, 2.24) is 10.6 Å². The molecular formula is C17H20N2S2. The maximum absolute atomic E-state index is 5.28. The molecule has 0 bridgehead atoms. The Morgan fingerprint density at radius 3 is 2.43 bits per heavy atom. The molecule has 0 unspecified atom stereocenters. The van der Waals surface area contributed by atoms with Crippen molar-refractivity contribution in [3.63, 3.8) is 0 Å². The molecule has 0 saturated heterocycles. The number of thiocarbonyl (C=S) groups is 1. The fraction of sp³-hybridized carbons (Fsp3) is 0.235. The molecule has 0 aliphatic heterocycles. The lowest BCUT2D eigenvalue weighted by Crippen LogP contribution is -2.35. The zero-order valence-corrected chi connectivity index (χ0v) is 13.8. The molecule has 2 rings (SSSR count). The predicted molar refractivity (Wildman–Crippen MR) is 95.8 cm³/mol. The molecule has 0 amide bonds. The molecule has 0 spiro atoms. The van der Waals surface area contributed by atoms with E-state index in [1.807, 2.05) is 17.8 Å². The monoisotopic (exact) mass is 316 g/mol. The van der Waals surface area contributed by atoms with Crippen LogP contribution in [0.2, 0.25) is 0 Å². The molecule has 2 N–H and O–H groups in total. The molecule has 2 aromatic rings. The third kappa shape index (κ3) is 6.19. The van der Waals surface area contributed by atoms with Crippen LogP contribution in [0.1, 0.15) is 11.1 Å². The van der Waals surface area contributed by atoms with Crippen LogP contribution >= 0.6 is 24.0 Å². The fourth-order valence-corrected chi connectivity index (χ4v) is 2.76. The lowest BCUT2D eigenvalue weighted by molar-refractivity contribution is 0.857. The van der Waals surface area contributed by atoms with Crippen LogP contribution in [-0.4, -0.2) is 17.4 Å². The number of benzene rings is 2. The molecular weight excluding hydrogens is 296 g/mol. The van der Waals surface area contributed by atoms with E-state index >= 15 is 0 Å². The Balaban J connectivity index is 1.60. The summed E-state index contributed by atoms with van der Waals surface area (Å²) in [6.07, 6.45) is 0. The normalized spacial score (nSPS) is 10.1. The van der Waals surface area contributed by atoms with E-state index in [-0.39, 0.29) is 0 Å². The van der Waals surface area contributed by atoms with Gasteiger partial charge in [-0.05, 0) is 36.8 Å². The van der Waals surface area contributed by atoms with Crippen molar-refractivity contribution in [3.05, 3.63) is 65.7 Å². The van der Waals surface area contributed by atoms with Gasteiger partial charge in [0, 0.05) is 23.7 Å². The Bertz CT molecular complexity index is 553. The molecule has 0 fully saturated rings. The molecule has 0 radical (unpaired) electrons. The third-order valence-electron chi connectivity index (χ3n) is 2.97. The maximum atomic E-state index is 5.28. The number of nitrogens with one attached hydrogen (secondary N) is 2. The van der Waals surface area contributed by atoms with E-state index in [0.29, 0.717) is 5.11 Å². The smallest absolute Gasteiger partial charge is 0.166 e. The molecule has 0 heterocycles. The van der Waals surface area contributed by atoms with Gasteiger partial charge in [-0.1, -0.05) is 48.0 Å². The number of hydrogen-bond donors (Lipinski definition) is 2. The lowest BCUT2D eigenvalue weighted by atomic mass is 10.1. The summed E-state index contributed by atoms with van der Waals surface area (Å²) in [4.78, 5) is 1.29. The zero-order chi connectivity index (χ0) is 14.9. The third-order valence-corrected chi connectivity index (χ3v) is 4.28. The predicted octanol–water partition coefficient (Wildman–Crippen LogP) is 3.75. The summed E-state index contributed by atoms with van der Waals surface area (Å²) in [7, 11) is 0. The number of rotatable bonds is 6. The van der Waals surface area contributed by atoms with Crippen LogP contribution < -0.4 is 10.6 Å². The van der Waals surface area contributed by atoms with Gasteiger partial charge in [0.2, 0.25) is 0 Å². The van der Waals surface area contributed by atoms with Gasteiger partial charge < -0.3 is 10.6 Å². The van der Waals surface area contributed by atoms with Gasteiger partial charge in [0.25, 0.3) is 0 Å². The summed E-state index contributed by atoms with van der Waals surface area (Å²) in [6.45, 7) is 3.71. The average Bonchev–Trinajstić information content (AvgIpc) is 2.52. The second-order valence-electron chi connectivity index (χ2n) is 4.76. The van der Waals surface area contributed by atoms with E-state index in [4.69, 9.17) is 12.2 Å². The minimum atomic E-state index is 0.712. The summed E-state index contributed by atoms with van der Waals surface area (Å²) in [5.41, 5.74) is 2.51. The van der Waals surface area contributed by atoms with Crippen LogP contribution in [0.5, 0.6) is 0 Å². The Morgan fingerprint density at radius 2 is 1.71 bits per heavy atom. The van der Waals surface area contributed by atoms with E-state index in [2.05, 4.69) is 66.1 Å². The van der Waals surface area contributed by atoms with Crippen molar-refractivity contribution < 1.29 is 0 Å². The Labute approximate surface area is 136 Å². The van der Waals surface area contributed by atoms with Crippen LogP contribution in [0.15, 0.2) is 59.5 Å². The molecule has 2 nitrogen and oxygen atoms in total. The highest BCUT2D eigenvalue weighted by molar-refractivity contribution is 7.99. The Hall–Kier alpha value is -1.52. The molecule has 0 aliphatic carbocycles. The van der Waals surface area contributed by atoms with E-state index in [9.17, 15) is 0 Å². The summed E-state index contributed by atoms with van der Waals surface area (Å²) >= 11 is 7.11. The SMILES string of the molecule is Cc1ccc(CNC(=S)NCCSc2ccccc2)cc1. The molecule has 4 heteroatoms. The molecule has 2 aromatic carbocycles. The number of hydrogen-bond acceptors (Lipinski definition) is 2. The van der Waals surface area contributed by atoms with Crippen molar-refractivity contribution in [2.24, 2.45) is 0 Å². The van der Waals surface area contributed by atoms with Crippen LogP contribution in [0.25, 0.3) is 0 Å². The molecule has 110 valence electrons. The Kier molecular flexibility index (Phi) is 6.57. The average molecular weight is 316 g/mol. The zero-order valence-electron chi connectivity index (χ0n) is 12.1. The van der Waals surface area contributed by atoms with Gasteiger partial charge in [-0.25, -0.2) is 0 Å². The highest BCUT2D eigenvalue weighted by atomic mass is 32.2. The molecule has 0 aromatic heterocycles. The minimum Gasteiger partial charge on any atom is -0.362 e. The van der Waals surface area contributed by atoms with Gasteiger partial charge in [0.05, 0.1) is 0 Å². The van der Waals surface area contributed by atoms with Gasteiger partial charge in [-0.15, -0.1) is 11.8 Å². The van der Waals surface area contributed by atoms with Crippen LogP contribution in [-0.2, 0) is 6.54 Å². The fourth-order valence-electron chi connectivity index (χ4n) is 1.80. The highest BCUT2D eigenvalue weighted by Crippen LogP contribution is 2.15. The first-order chi connectivity index (χ1) is 10.2. The largest absolute Gasteiger partial charge is 0.362 e. The summed E-state index contributed by atoms with van der Waals surface area (Å²) in [6, 6.07) is 18.9. The van der Waals surface area contributed by atoms with Crippen molar-refractivity contribution in [2.75, 3.05) is 12.3 Å². The number of thioether (sulfide) groups is 1. The second-order valence-corrected chi connectivity index (χ2v) is 6.33. The van der Waals surface area contributed by atoms with Crippen molar-refractivity contribution in [1.29, 1.82) is 0 Å². The van der Waals surface area contributed by atoms with E-state index in [0.717, 1.165) is 18.8 Å². The van der Waals surface area contributed by atoms with Crippen molar-refractivity contribution in [2.45, 2.75) is 18.4 Å². The van der Waals surface area contributed by atoms with Gasteiger partial charge in [0.15, 0.2) is 5.11 Å². The van der Waals surface area contributed by atoms with Gasteiger partial charge >= 0.3 is 0 Å². The van der Waals surface area contributed by atoms with Crippen LogP contribution in [0, 0.1) is 6.92 Å². The summed E-state index contributed by atoms with van der Waals surface area (Å²) in [5.74, 6) is 0.996. The first-order valence-corrected chi connectivity index (χ1v) is 8.38.